The minimum atomic E-state index is 0.260. The van der Waals surface area contributed by atoms with Crippen LogP contribution in [0.25, 0.3) is 0 Å². The molecule has 1 aromatic carbocycles. The molecule has 2 atom stereocenters. The number of hydrogen-bond donors (Lipinski definition) is 0. The lowest BCUT2D eigenvalue weighted by molar-refractivity contribution is -0.128. The Labute approximate surface area is 154 Å². The summed E-state index contributed by atoms with van der Waals surface area (Å²) in [4.78, 5) is 12.9. The summed E-state index contributed by atoms with van der Waals surface area (Å²) in [6, 6.07) is 6.37. The van der Waals surface area contributed by atoms with Gasteiger partial charge in [-0.3, -0.25) is 4.79 Å². The third-order valence-electron chi connectivity index (χ3n) is 6.07. The lowest BCUT2D eigenvalue weighted by atomic mass is 9.62. The Kier molecular flexibility index (Phi) is 6.71. The topological polar surface area (TPSA) is 26.3 Å². The third kappa shape index (κ3) is 5.33. The van der Waals surface area contributed by atoms with Gasteiger partial charge in [-0.2, -0.15) is 0 Å². The summed E-state index contributed by atoms with van der Waals surface area (Å²) in [5.41, 5.74) is 2.74. The van der Waals surface area contributed by atoms with Crippen LogP contribution in [0.2, 0.25) is 0 Å². The van der Waals surface area contributed by atoms with Crippen molar-refractivity contribution in [3.8, 4) is 5.75 Å². The number of Topliss-reactive ketones (excluding diaryl/α,β-unsaturated/α-hetero) is 1. The van der Waals surface area contributed by atoms with Crippen LogP contribution in [0.4, 0.5) is 0 Å². The molecule has 2 heteroatoms. The predicted octanol–water partition coefficient (Wildman–Crippen LogP) is 5.99. The van der Waals surface area contributed by atoms with Gasteiger partial charge < -0.3 is 4.74 Å². The Hall–Kier alpha value is -1.31. The number of ketones is 1. The Morgan fingerprint density at radius 2 is 2.04 bits per heavy atom. The minimum absolute atomic E-state index is 0.260. The molecule has 140 valence electrons. The molecular weight excluding hydrogens is 308 g/mol. The van der Waals surface area contributed by atoms with Gasteiger partial charge in [0.05, 0.1) is 7.11 Å². The number of carbonyl (C=O) groups excluding carboxylic acids is 1. The molecule has 0 saturated heterocycles. The molecule has 0 aromatic heterocycles. The standard InChI is InChI=1S/C23H36O2/c1-16(2)19-12-13-23(4,5)15-20(19)21(24)9-7-8-18-11-10-17(3)22(14-18)25-6/h10-11,14,16,19-20H,7-9,12-13,15H2,1-6H3. The number of carbonyl (C=O) groups is 1. The molecule has 1 fully saturated rings. The Morgan fingerprint density at radius 1 is 1.32 bits per heavy atom. The van der Waals surface area contributed by atoms with E-state index in [1.807, 2.05) is 0 Å². The van der Waals surface area contributed by atoms with Gasteiger partial charge in [0.15, 0.2) is 0 Å². The molecule has 0 spiro atoms. The number of ether oxygens (including phenoxy) is 1. The smallest absolute Gasteiger partial charge is 0.136 e. The summed E-state index contributed by atoms with van der Waals surface area (Å²) in [6.45, 7) is 11.3. The number of rotatable bonds is 7. The molecule has 0 amide bonds. The van der Waals surface area contributed by atoms with E-state index in [0.717, 1.165) is 30.6 Å². The van der Waals surface area contributed by atoms with Gasteiger partial charge in [-0.05, 0) is 73.5 Å². The van der Waals surface area contributed by atoms with Crippen molar-refractivity contribution >= 4 is 5.78 Å². The summed E-state index contributed by atoms with van der Waals surface area (Å²) < 4.78 is 5.40. The highest BCUT2D eigenvalue weighted by Crippen LogP contribution is 2.45. The van der Waals surface area contributed by atoms with E-state index in [4.69, 9.17) is 4.74 Å². The van der Waals surface area contributed by atoms with Crippen molar-refractivity contribution in [2.45, 2.75) is 73.1 Å². The van der Waals surface area contributed by atoms with Crippen molar-refractivity contribution in [3.63, 3.8) is 0 Å². The van der Waals surface area contributed by atoms with Gasteiger partial charge in [-0.15, -0.1) is 0 Å². The van der Waals surface area contributed by atoms with Gasteiger partial charge in [0.25, 0.3) is 0 Å². The maximum absolute atomic E-state index is 12.9. The first kappa shape index (κ1) is 20.0. The number of benzene rings is 1. The van der Waals surface area contributed by atoms with E-state index in [9.17, 15) is 4.79 Å². The van der Waals surface area contributed by atoms with Crippen molar-refractivity contribution < 1.29 is 9.53 Å². The fraction of sp³-hybridized carbons (Fsp3) is 0.696. The van der Waals surface area contributed by atoms with Crippen molar-refractivity contribution in [3.05, 3.63) is 29.3 Å². The first-order valence-corrected chi connectivity index (χ1v) is 9.90. The molecule has 1 saturated carbocycles. The van der Waals surface area contributed by atoms with Gasteiger partial charge in [0.2, 0.25) is 0 Å². The minimum Gasteiger partial charge on any atom is -0.496 e. The van der Waals surface area contributed by atoms with Crippen LogP contribution in [0.5, 0.6) is 5.75 Å². The van der Waals surface area contributed by atoms with Crippen LogP contribution in [0.15, 0.2) is 18.2 Å². The quantitative estimate of drug-likeness (QED) is 0.607. The second-order valence-corrected chi connectivity index (χ2v) is 9.05. The number of aryl methyl sites for hydroxylation is 2. The average Bonchev–Trinajstić information content (AvgIpc) is 2.55. The highest BCUT2D eigenvalue weighted by Gasteiger charge is 2.39. The zero-order valence-electron chi connectivity index (χ0n) is 17.0. The second-order valence-electron chi connectivity index (χ2n) is 9.05. The zero-order valence-corrected chi connectivity index (χ0v) is 17.0. The summed E-state index contributed by atoms with van der Waals surface area (Å²) >= 11 is 0. The van der Waals surface area contributed by atoms with E-state index in [-0.39, 0.29) is 5.92 Å². The molecule has 1 aliphatic rings. The molecule has 0 heterocycles. The van der Waals surface area contributed by atoms with Gasteiger partial charge in [-0.25, -0.2) is 0 Å². The molecule has 0 N–H and O–H groups in total. The number of methoxy groups -OCH3 is 1. The van der Waals surface area contributed by atoms with Crippen LogP contribution in [0.3, 0.4) is 0 Å². The monoisotopic (exact) mass is 344 g/mol. The molecule has 25 heavy (non-hydrogen) atoms. The Bertz CT molecular complexity index is 586. The van der Waals surface area contributed by atoms with Gasteiger partial charge in [0, 0.05) is 12.3 Å². The van der Waals surface area contributed by atoms with Crippen LogP contribution in [-0.2, 0) is 11.2 Å². The Morgan fingerprint density at radius 3 is 2.68 bits per heavy atom. The fourth-order valence-corrected chi connectivity index (χ4v) is 4.43. The molecule has 2 rings (SSSR count). The van der Waals surface area contributed by atoms with Crippen LogP contribution < -0.4 is 4.74 Å². The van der Waals surface area contributed by atoms with Crippen molar-refractivity contribution in [1.29, 1.82) is 0 Å². The summed E-state index contributed by atoms with van der Waals surface area (Å²) in [5.74, 6) is 2.87. The van der Waals surface area contributed by atoms with Crippen LogP contribution >= 0.6 is 0 Å². The fourth-order valence-electron chi connectivity index (χ4n) is 4.43. The first-order valence-electron chi connectivity index (χ1n) is 9.90. The van der Waals surface area contributed by atoms with E-state index in [2.05, 4.69) is 52.8 Å². The van der Waals surface area contributed by atoms with Crippen LogP contribution in [0.1, 0.15) is 70.9 Å². The van der Waals surface area contributed by atoms with Crippen molar-refractivity contribution in [2.24, 2.45) is 23.2 Å². The summed E-state index contributed by atoms with van der Waals surface area (Å²) in [6.07, 6.45) is 6.11. The first-order chi connectivity index (χ1) is 11.7. The average molecular weight is 345 g/mol. The maximum atomic E-state index is 12.9. The van der Waals surface area contributed by atoms with Gasteiger partial charge in [0.1, 0.15) is 11.5 Å². The van der Waals surface area contributed by atoms with E-state index >= 15 is 0 Å². The van der Waals surface area contributed by atoms with E-state index in [1.54, 1.807) is 7.11 Å². The largest absolute Gasteiger partial charge is 0.496 e. The molecule has 0 bridgehead atoms. The lowest BCUT2D eigenvalue weighted by Gasteiger charge is -2.42. The van der Waals surface area contributed by atoms with Crippen LogP contribution in [-0.4, -0.2) is 12.9 Å². The van der Waals surface area contributed by atoms with E-state index in [1.165, 1.54) is 18.4 Å². The summed E-state index contributed by atoms with van der Waals surface area (Å²) in [7, 11) is 1.71. The molecule has 2 unspecified atom stereocenters. The van der Waals surface area contributed by atoms with E-state index in [0.29, 0.717) is 29.5 Å². The second kappa shape index (κ2) is 8.38. The van der Waals surface area contributed by atoms with Crippen LogP contribution in [0, 0.1) is 30.1 Å². The summed E-state index contributed by atoms with van der Waals surface area (Å²) in [5, 5.41) is 0. The molecule has 1 aliphatic carbocycles. The zero-order chi connectivity index (χ0) is 18.6. The molecule has 0 aliphatic heterocycles. The molecular formula is C23H36O2. The Balaban J connectivity index is 1.94. The predicted molar refractivity (Wildman–Crippen MR) is 105 cm³/mol. The van der Waals surface area contributed by atoms with Crippen molar-refractivity contribution in [1.82, 2.24) is 0 Å². The third-order valence-corrected chi connectivity index (χ3v) is 6.07. The number of hydrogen-bond acceptors (Lipinski definition) is 2. The highest BCUT2D eigenvalue weighted by atomic mass is 16.5. The SMILES string of the molecule is COc1cc(CCCC(=O)C2CC(C)(C)CCC2C(C)C)ccc1C. The van der Waals surface area contributed by atoms with Gasteiger partial charge in [-0.1, -0.05) is 39.8 Å². The molecule has 1 aromatic rings. The maximum Gasteiger partial charge on any atom is 0.136 e. The highest BCUT2D eigenvalue weighted by molar-refractivity contribution is 5.81. The van der Waals surface area contributed by atoms with Crippen molar-refractivity contribution in [2.75, 3.05) is 7.11 Å². The van der Waals surface area contributed by atoms with Gasteiger partial charge >= 0.3 is 0 Å². The molecule has 0 radical (unpaired) electrons. The molecule has 2 nitrogen and oxygen atoms in total. The van der Waals surface area contributed by atoms with E-state index < -0.39 is 0 Å². The lowest BCUT2D eigenvalue weighted by Crippen LogP contribution is -2.37. The normalized spacial score (nSPS) is 22.8.